The molecule has 0 atom stereocenters. The monoisotopic (exact) mass is 336 g/mol. The minimum atomic E-state index is -0.287. The molecule has 1 heterocycles. The predicted octanol–water partition coefficient (Wildman–Crippen LogP) is 4.51. The number of hydrogen-bond acceptors (Lipinski definition) is 4. The van der Waals surface area contributed by atoms with Gasteiger partial charge < -0.3 is 15.2 Å². The highest BCUT2D eigenvalue weighted by Gasteiger charge is 2.08. The number of nitrogens with one attached hydrogen (secondary N) is 2. The second-order valence-electron chi connectivity index (χ2n) is 5.57. The number of nitrogens with zero attached hydrogens (tertiary/aromatic N) is 2. The molecular formula is C19H20N4O2. The maximum Gasteiger partial charge on any atom is 0.323 e. The van der Waals surface area contributed by atoms with E-state index in [9.17, 15) is 4.79 Å². The molecule has 6 nitrogen and oxygen atoms in total. The summed E-state index contributed by atoms with van der Waals surface area (Å²) in [6.45, 7) is 4.05. The van der Waals surface area contributed by atoms with Crippen LogP contribution in [0.1, 0.15) is 25.3 Å². The van der Waals surface area contributed by atoms with Crippen LogP contribution in [0.2, 0.25) is 0 Å². The fraction of sp³-hybridized carbons (Fsp3) is 0.211. The third-order valence-corrected chi connectivity index (χ3v) is 3.79. The summed E-state index contributed by atoms with van der Waals surface area (Å²) in [6, 6.07) is 14.8. The molecule has 0 radical (unpaired) electrons. The first-order valence-corrected chi connectivity index (χ1v) is 8.28. The average molecular weight is 336 g/mol. The molecule has 0 spiro atoms. The number of urea groups is 1. The van der Waals surface area contributed by atoms with Crippen LogP contribution in [0.4, 0.5) is 16.2 Å². The molecule has 3 aromatic rings. The predicted molar refractivity (Wildman–Crippen MR) is 97.6 cm³/mol. The number of aryl methyl sites for hydroxylation is 2. The van der Waals surface area contributed by atoms with Gasteiger partial charge >= 0.3 is 6.03 Å². The number of amides is 2. The third kappa shape index (κ3) is 4.23. The summed E-state index contributed by atoms with van der Waals surface area (Å²) >= 11 is 0. The van der Waals surface area contributed by atoms with Gasteiger partial charge in [0.15, 0.2) is 0 Å². The number of rotatable bonds is 5. The van der Waals surface area contributed by atoms with E-state index in [2.05, 4.69) is 27.7 Å². The molecular weight excluding hydrogens is 316 g/mol. The van der Waals surface area contributed by atoms with Crippen molar-refractivity contribution in [1.82, 2.24) is 10.1 Å². The molecule has 2 aromatic carbocycles. The van der Waals surface area contributed by atoms with Crippen LogP contribution >= 0.6 is 0 Å². The van der Waals surface area contributed by atoms with E-state index in [0.717, 1.165) is 17.7 Å². The Kier molecular flexibility index (Phi) is 5.09. The number of benzene rings is 2. The van der Waals surface area contributed by atoms with Crippen molar-refractivity contribution in [2.75, 3.05) is 10.6 Å². The largest absolute Gasteiger partial charge is 0.339 e. The molecule has 128 valence electrons. The first-order chi connectivity index (χ1) is 12.2. The van der Waals surface area contributed by atoms with Gasteiger partial charge in [-0.05, 0) is 48.4 Å². The summed E-state index contributed by atoms with van der Waals surface area (Å²) in [7, 11) is 0. The normalized spacial score (nSPS) is 10.5. The van der Waals surface area contributed by atoms with E-state index in [1.54, 1.807) is 12.1 Å². The van der Waals surface area contributed by atoms with Crippen LogP contribution in [0.15, 0.2) is 53.1 Å². The van der Waals surface area contributed by atoms with Gasteiger partial charge in [-0.25, -0.2) is 4.79 Å². The molecule has 3 rings (SSSR count). The van der Waals surface area contributed by atoms with Gasteiger partial charge in [-0.15, -0.1) is 0 Å². The summed E-state index contributed by atoms with van der Waals surface area (Å²) in [4.78, 5) is 16.4. The fourth-order valence-corrected chi connectivity index (χ4v) is 2.34. The van der Waals surface area contributed by atoms with Crippen molar-refractivity contribution in [2.24, 2.45) is 0 Å². The molecule has 0 unspecified atom stereocenters. The topological polar surface area (TPSA) is 80.0 Å². The third-order valence-electron chi connectivity index (χ3n) is 3.79. The molecule has 0 aliphatic rings. The van der Waals surface area contributed by atoms with Gasteiger partial charge in [0.1, 0.15) is 0 Å². The van der Waals surface area contributed by atoms with E-state index >= 15 is 0 Å². The highest BCUT2D eigenvalue weighted by atomic mass is 16.5. The summed E-state index contributed by atoms with van der Waals surface area (Å²) < 4.78 is 5.10. The Bertz CT molecular complexity index is 839. The van der Waals surface area contributed by atoms with Crippen molar-refractivity contribution >= 4 is 17.4 Å². The SMILES string of the molecule is CCc1ccc(NC(=O)Nc2ccc(-c3noc(CC)n3)cc2)cc1. The smallest absolute Gasteiger partial charge is 0.323 e. The number of hydrogen-bond donors (Lipinski definition) is 2. The van der Waals surface area contributed by atoms with E-state index in [1.807, 2.05) is 43.3 Å². The van der Waals surface area contributed by atoms with Crippen molar-refractivity contribution in [3.8, 4) is 11.4 Å². The van der Waals surface area contributed by atoms with Crippen LogP contribution in [0, 0.1) is 0 Å². The van der Waals surface area contributed by atoms with Crippen LogP contribution in [0.5, 0.6) is 0 Å². The minimum absolute atomic E-state index is 0.287. The van der Waals surface area contributed by atoms with Gasteiger partial charge in [0.05, 0.1) is 0 Å². The van der Waals surface area contributed by atoms with E-state index in [0.29, 0.717) is 23.8 Å². The minimum Gasteiger partial charge on any atom is -0.339 e. The number of carbonyl (C=O) groups is 1. The summed E-state index contributed by atoms with van der Waals surface area (Å²) in [5, 5.41) is 9.54. The molecule has 0 aliphatic heterocycles. The van der Waals surface area contributed by atoms with E-state index in [1.165, 1.54) is 5.56 Å². The summed E-state index contributed by atoms with van der Waals surface area (Å²) in [6.07, 6.45) is 1.67. The van der Waals surface area contributed by atoms with Crippen LogP contribution < -0.4 is 10.6 Å². The lowest BCUT2D eigenvalue weighted by Gasteiger charge is -2.08. The van der Waals surface area contributed by atoms with Crippen molar-refractivity contribution in [2.45, 2.75) is 26.7 Å². The molecule has 25 heavy (non-hydrogen) atoms. The molecule has 0 bridgehead atoms. The van der Waals surface area contributed by atoms with Gasteiger partial charge in [-0.3, -0.25) is 0 Å². The molecule has 1 aromatic heterocycles. The van der Waals surface area contributed by atoms with Gasteiger partial charge in [0.2, 0.25) is 11.7 Å². The zero-order valence-corrected chi connectivity index (χ0v) is 14.2. The maximum atomic E-state index is 12.1. The first kappa shape index (κ1) is 16.7. The fourth-order valence-electron chi connectivity index (χ4n) is 2.34. The molecule has 2 amide bonds. The Labute approximate surface area is 146 Å². The lowest BCUT2D eigenvalue weighted by atomic mass is 10.1. The van der Waals surface area contributed by atoms with Crippen LogP contribution in [0.25, 0.3) is 11.4 Å². The zero-order valence-electron chi connectivity index (χ0n) is 14.2. The van der Waals surface area contributed by atoms with Gasteiger partial charge in [0.25, 0.3) is 0 Å². The lowest BCUT2D eigenvalue weighted by Crippen LogP contribution is -2.19. The van der Waals surface area contributed by atoms with Crippen LogP contribution in [-0.4, -0.2) is 16.2 Å². The quantitative estimate of drug-likeness (QED) is 0.718. The molecule has 2 N–H and O–H groups in total. The summed E-state index contributed by atoms with van der Waals surface area (Å²) in [5.74, 6) is 1.15. The zero-order chi connectivity index (χ0) is 17.6. The van der Waals surface area contributed by atoms with Crippen molar-refractivity contribution in [3.05, 3.63) is 60.0 Å². The van der Waals surface area contributed by atoms with Crippen molar-refractivity contribution < 1.29 is 9.32 Å². The van der Waals surface area contributed by atoms with Gasteiger partial charge in [-0.2, -0.15) is 4.98 Å². The second-order valence-corrected chi connectivity index (χ2v) is 5.57. The Morgan fingerprint density at radius 2 is 1.52 bits per heavy atom. The Morgan fingerprint density at radius 1 is 0.920 bits per heavy atom. The highest BCUT2D eigenvalue weighted by Crippen LogP contribution is 2.19. The first-order valence-electron chi connectivity index (χ1n) is 8.28. The van der Waals surface area contributed by atoms with Gasteiger partial charge in [-0.1, -0.05) is 31.1 Å². The second kappa shape index (κ2) is 7.61. The van der Waals surface area contributed by atoms with Crippen LogP contribution in [-0.2, 0) is 12.8 Å². The molecule has 0 aliphatic carbocycles. The van der Waals surface area contributed by atoms with Crippen LogP contribution in [0.3, 0.4) is 0 Å². The van der Waals surface area contributed by atoms with E-state index in [4.69, 9.17) is 4.52 Å². The Hall–Kier alpha value is -3.15. The number of aromatic nitrogens is 2. The Balaban J connectivity index is 1.61. The maximum absolute atomic E-state index is 12.1. The van der Waals surface area contributed by atoms with E-state index in [-0.39, 0.29) is 6.03 Å². The summed E-state index contributed by atoms with van der Waals surface area (Å²) in [5.41, 5.74) is 3.51. The van der Waals surface area contributed by atoms with Crippen molar-refractivity contribution in [3.63, 3.8) is 0 Å². The van der Waals surface area contributed by atoms with Gasteiger partial charge in [0, 0.05) is 23.4 Å². The molecule has 0 fully saturated rings. The lowest BCUT2D eigenvalue weighted by molar-refractivity contribution is 0.262. The Morgan fingerprint density at radius 3 is 2.04 bits per heavy atom. The standard InChI is InChI=1S/C19H20N4O2/c1-3-13-5-9-15(10-6-13)20-19(24)21-16-11-7-14(8-12-16)18-22-17(4-2)25-23-18/h5-12H,3-4H2,1-2H3,(H2,20,21,24). The average Bonchev–Trinajstić information content (AvgIpc) is 3.12. The van der Waals surface area contributed by atoms with E-state index < -0.39 is 0 Å². The van der Waals surface area contributed by atoms with Crippen molar-refractivity contribution in [1.29, 1.82) is 0 Å². The highest BCUT2D eigenvalue weighted by molar-refractivity contribution is 5.99. The molecule has 6 heteroatoms. The molecule has 0 saturated heterocycles. The molecule has 0 saturated carbocycles. The number of anilines is 2. The number of carbonyl (C=O) groups excluding carboxylic acids is 1.